The zero-order valence-electron chi connectivity index (χ0n) is 7.73. The molecule has 4 nitrogen and oxygen atoms in total. The van der Waals surface area contributed by atoms with Crippen LogP contribution in [0, 0.1) is 5.92 Å². The monoisotopic (exact) mass is 183 g/mol. The molecular formula is C9H13NO3. The first-order valence-electron chi connectivity index (χ1n) is 4.24. The zero-order chi connectivity index (χ0) is 10.0. The number of amides is 2. The summed E-state index contributed by atoms with van der Waals surface area (Å²) in [7, 11) is 0. The van der Waals surface area contributed by atoms with Gasteiger partial charge in [-0.05, 0) is 5.92 Å². The molecule has 13 heavy (non-hydrogen) atoms. The standard InChI is InChI=1S/C9H13NO3/c1-6(2)7(5-11)10-8(12)3-4-9(10)13/h3-4,6-7,11H,5H2,1-2H3/t7-/m0/s1. The predicted octanol–water partition coefficient (Wildman–Crippen LogP) is -0.0717. The van der Waals surface area contributed by atoms with Crippen LogP contribution in [0.3, 0.4) is 0 Å². The molecule has 0 bridgehead atoms. The minimum atomic E-state index is -0.407. The highest BCUT2D eigenvalue weighted by atomic mass is 16.3. The number of aliphatic hydroxyl groups excluding tert-OH is 1. The highest BCUT2D eigenvalue weighted by Gasteiger charge is 2.32. The van der Waals surface area contributed by atoms with Gasteiger partial charge in [0.15, 0.2) is 0 Å². The zero-order valence-corrected chi connectivity index (χ0v) is 7.73. The molecular weight excluding hydrogens is 170 g/mol. The summed E-state index contributed by atoms with van der Waals surface area (Å²) in [6, 6.07) is -0.407. The van der Waals surface area contributed by atoms with Crippen molar-refractivity contribution in [3.05, 3.63) is 12.2 Å². The average Bonchev–Trinajstić information content (AvgIpc) is 2.36. The van der Waals surface area contributed by atoms with Gasteiger partial charge in [0.1, 0.15) is 0 Å². The van der Waals surface area contributed by atoms with E-state index < -0.39 is 6.04 Å². The van der Waals surface area contributed by atoms with Crippen LogP contribution in [-0.2, 0) is 9.59 Å². The molecule has 0 fully saturated rings. The third-order valence-electron chi connectivity index (χ3n) is 2.13. The first-order valence-corrected chi connectivity index (χ1v) is 4.24. The number of hydrogen-bond donors (Lipinski definition) is 1. The maximum atomic E-state index is 11.2. The molecule has 0 unspecified atom stereocenters. The first-order chi connectivity index (χ1) is 6.07. The van der Waals surface area contributed by atoms with Crippen molar-refractivity contribution in [2.45, 2.75) is 19.9 Å². The van der Waals surface area contributed by atoms with E-state index in [2.05, 4.69) is 0 Å². The summed E-state index contributed by atoms with van der Waals surface area (Å²) in [5, 5.41) is 9.02. The van der Waals surface area contributed by atoms with Gasteiger partial charge in [-0.3, -0.25) is 14.5 Å². The van der Waals surface area contributed by atoms with Gasteiger partial charge in [0.2, 0.25) is 0 Å². The Morgan fingerprint density at radius 1 is 1.31 bits per heavy atom. The maximum Gasteiger partial charge on any atom is 0.253 e. The quantitative estimate of drug-likeness (QED) is 0.623. The molecule has 72 valence electrons. The first kappa shape index (κ1) is 9.92. The van der Waals surface area contributed by atoms with Crippen LogP contribution in [0.2, 0.25) is 0 Å². The third kappa shape index (κ3) is 1.78. The van der Waals surface area contributed by atoms with Crippen LogP contribution in [0.1, 0.15) is 13.8 Å². The molecule has 4 heteroatoms. The number of carbonyl (C=O) groups excluding carboxylic acids is 2. The third-order valence-corrected chi connectivity index (χ3v) is 2.13. The largest absolute Gasteiger partial charge is 0.394 e. The summed E-state index contributed by atoms with van der Waals surface area (Å²) in [4.78, 5) is 23.5. The summed E-state index contributed by atoms with van der Waals surface area (Å²) < 4.78 is 0. The highest BCUT2D eigenvalue weighted by Crippen LogP contribution is 2.15. The van der Waals surface area contributed by atoms with Crippen LogP contribution in [0.15, 0.2) is 12.2 Å². The summed E-state index contributed by atoms with van der Waals surface area (Å²) >= 11 is 0. The lowest BCUT2D eigenvalue weighted by Gasteiger charge is -2.27. The molecule has 0 saturated heterocycles. The van der Waals surface area contributed by atoms with Crippen molar-refractivity contribution in [1.82, 2.24) is 4.90 Å². The second kappa shape index (κ2) is 3.70. The van der Waals surface area contributed by atoms with E-state index in [0.29, 0.717) is 0 Å². The van der Waals surface area contributed by atoms with Crippen molar-refractivity contribution in [3.8, 4) is 0 Å². The number of nitrogens with zero attached hydrogens (tertiary/aromatic N) is 1. The maximum absolute atomic E-state index is 11.2. The van der Waals surface area contributed by atoms with E-state index in [4.69, 9.17) is 5.11 Å². The van der Waals surface area contributed by atoms with Gasteiger partial charge in [-0.25, -0.2) is 0 Å². The fourth-order valence-electron chi connectivity index (χ4n) is 1.33. The summed E-state index contributed by atoms with van der Waals surface area (Å²) in [5.74, 6) is -0.603. The van der Waals surface area contributed by atoms with Gasteiger partial charge in [-0.15, -0.1) is 0 Å². The van der Waals surface area contributed by atoms with E-state index in [1.54, 1.807) is 0 Å². The molecule has 2 amide bonds. The van der Waals surface area contributed by atoms with E-state index in [1.807, 2.05) is 13.8 Å². The summed E-state index contributed by atoms with van der Waals surface area (Å²) in [6.07, 6.45) is 2.46. The van der Waals surface area contributed by atoms with E-state index in [1.165, 1.54) is 12.2 Å². The second-order valence-corrected chi connectivity index (χ2v) is 3.37. The van der Waals surface area contributed by atoms with Crippen LogP contribution in [0.25, 0.3) is 0 Å². The number of imide groups is 1. The molecule has 1 rings (SSSR count). The van der Waals surface area contributed by atoms with Gasteiger partial charge >= 0.3 is 0 Å². The topological polar surface area (TPSA) is 57.6 Å². The highest BCUT2D eigenvalue weighted by molar-refractivity contribution is 6.13. The van der Waals surface area contributed by atoms with Gasteiger partial charge < -0.3 is 5.11 Å². The Morgan fingerprint density at radius 2 is 1.77 bits per heavy atom. The van der Waals surface area contributed by atoms with Crippen LogP contribution >= 0.6 is 0 Å². The normalized spacial score (nSPS) is 18.9. The van der Waals surface area contributed by atoms with Crippen LogP contribution < -0.4 is 0 Å². The fraction of sp³-hybridized carbons (Fsp3) is 0.556. The van der Waals surface area contributed by atoms with E-state index in [0.717, 1.165) is 4.90 Å². The van der Waals surface area contributed by atoms with Gasteiger partial charge in [0.25, 0.3) is 11.8 Å². The Labute approximate surface area is 76.8 Å². The van der Waals surface area contributed by atoms with Gasteiger partial charge in [-0.1, -0.05) is 13.8 Å². The lowest BCUT2D eigenvalue weighted by molar-refractivity contribution is -0.141. The Bertz CT molecular complexity index is 240. The smallest absolute Gasteiger partial charge is 0.253 e. The molecule has 1 aliphatic rings. The lowest BCUT2D eigenvalue weighted by Crippen LogP contribution is -2.45. The van der Waals surface area contributed by atoms with Crippen LogP contribution in [0.5, 0.6) is 0 Å². The van der Waals surface area contributed by atoms with Crippen molar-refractivity contribution in [2.75, 3.05) is 6.61 Å². The van der Waals surface area contributed by atoms with Gasteiger partial charge in [0, 0.05) is 12.2 Å². The molecule has 1 aliphatic heterocycles. The SMILES string of the molecule is CC(C)[C@H](CO)N1C(=O)C=CC1=O. The molecule has 0 radical (unpaired) electrons. The lowest BCUT2D eigenvalue weighted by atomic mass is 10.0. The molecule has 0 aliphatic carbocycles. The number of aliphatic hydroxyl groups is 1. The Hall–Kier alpha value is -1.16. The van der Waals surface area contributed by atoms with Crippen molar-refractivity contribution in [1.29, 1.82) is 0 Å². The molecule has 1 N–H and O–H groups in total. The number of rotatable bonds is 3. The molecule has 0 aromatic carbocycles. The van der Waals surface area contributed by atoms with E-state index in [9.17, 15) is 9.59 Å². The van der Waals surface area contributed by atoms with E-state index >= 15 is 0 Å². The molecule has 0 saturated carbocycles. The fourth-order valence-corrected chi connectivity index (χ4v) is 1.33. The van der Waals surface area contributed by atoms with Gasteiger partial charge in [0.05, 0.1) is 12.6 Å². The Morgan fingerprint density at radius 3 is 2.08 bits per heavy atom. The van der Waals surface area contributed by atoms with Crippen molar-refractivity contribution < 1.29 is 14.7 Å². The van der Waals surface area contributed by atoms with Crippen molar-refractivity contribution in [3.63, 3.8) is 0 Å². The van der Waals surface area contributed by atoms with Gasteiger partial charge in [-0.2, -0.15) is 0 Å². The minimum absolute atomic E-state index is 0.0674. The molecule has 1 heterocycles. The summed E-state index contributed by atoms with van der Waals surface area (Å²) in [6.45, 7) is 3.54. The Kier molecular flexibility index (Phi) is 2.83. The molecule has 0 aromatic rings. The minimum Gasteiger partial charge on any atom is -0.394 e. The Balaban J connectivity index is 2.81. The number of carbonyl (C=O) groups is 2. The average molecular weight is 183 g/mol. The van der Waals surface area contributed by atoms with Crippen LogP contribution in [-0.4, -0.2) is 34.5 Å². The molecule has 0 aromatic heterocycles. The van der Waals surface area contributed by atoms with Crippen molar-refractivity contribution in [2.24, 2.45) is 5.92 Å². The summed E-state index contributed by atoms with van der Waals surface area (Å²) in [5.41, 5.74) is 0. The van der Waals surface area contributed by atoms with Crippen molar-refractivity contribution >= 4 is 11.8 Å². The molecule has 1 atom stereocenters. The number of hydrogen-bond acceptors (Lipinski definition) is 3. The van der Waals surface area contributed by atoms with E-state index in [-0.39, 0.29) is 24.3 Å². The molecule has 0 spiro atoms. The second-order valence-electron chi connectivity index (χ2n) is 3.37. The van der Waals surface area contributed by atoms with Crippen LogP contribution in [0.4, 0.5) is 0 Å². The predicted molar refractivity (Wildman–Crippen MR) is 46.7 cm³/mol.